The molecule has 2 atom stereocenters. The number of benzene rings is 1. The number of guanidine groups is 1. The smallest absolute Gasteiger partial charge is 0.191 e. The molecule has 0 bridgehead atoms. The Hall–Kier alpha value is -2.30. The van der Waals surface area contributed by atoms with Crippen LogP contribution in [0, 0.1) is 6.92 Å². The monoisotopic (exact) mass is 313 g/mol. The second-order valence-electron chi connectivity index (χ2n) is 5.91. The number of aryl methyl sites for hydroxylation is 1. The van der Waals surface area contributed by atoms with Crippen molar-refractivity contribution < 1.29 is 0 Å². The van der Waals surface area contributed by atoms with E-state index >= 15 is 0 Å². The number of hydrogen-bond acceptors (Lipinski definition) is 2. The van der Waals surface area contributed by atoms with Crippen molar-refractivity contribution in [2.75, 3.05) is 13.6 Å². The lowest BCUT2D eigenvalue weighted by Gasteiger charge is -2.24. The average molecular weight is 313 g/mol. The minimum atomic E-state index is 0.288. The van der Waals surface area contributed by atoms with Gasteiger partial charge in [-0.15, -0.1) is 0 Å². The van der Waals surface area contributed by atoms with Crippen LogP contribution in [0.1, 0.15) is 30.9 Å². The van der Waals surface area contributed by atoms with Crippen molar-refractivity contribution in [2.24, 2.45) is 4.99 Å². The standard InChI is InChI=1S/C18H27N5/c1-14-12-21-23(13-14)11-10-20-18(19-4)22-16(3)15(2)17-8-6-5-7-9-17/h5-9,12-13,15-16H,10-11H2,1-4H3,(H2,19,20,22). The molecule has 2 unspecified atom stereocenters. The number of nitrogens with one attached hydrogen (secondary N) is 2. The average Bonchev–Trinajstić information content (AvgIpc) is 2.99. The Morgan fingerprint density at radius 2 is 2.00 bits per heavy atom. The number of aromatic nitrogens is 2. The summed E-state index contributed by atoms with van der Waals surface area (Å²) < 4.78 is 1.94. The molecule has 23 heavy (non-hydrogen) atoms. The van der Waals surface area contributed by atoms with Crippen LogP contribution < -0.4 is 10.6 Å². The van der Waals surface area contributed by atoms with E-state index < -0.39 is 0 Å². The first-order valence-electron chi connectivity index (χ1n) is 8.11. The van der Waals surface area contributed by atoms with E-state index in [1.54, 1.807) is 7.05 Å². The van der Waals surface area contributed by atoms with Gasteiger partial charge in [0.25, 0.3) is 0 Å². The molecule has 1 heterocycles. The molecule has 0 fully saturated rings. The fraction of sp³-hybridized carbons (Fsp3) is 0.444. The summed E-state index contributed by atoms with van der Waals surface area (Å²) in [6, 6.07) is 10.8. The molecular formula is C18H27N5. The lowest BCUT2D eigenvalue weighted by atomic mass is 9.94. The van der Waals surface area contributed by atoms with Crippen LogP contribution in [0.15, 0.2) is 47.7 Å². The van der Waals surface area contributed by atoms with Gasteiger partial charge in [0.15, 0.2) is 5.96 Å². The third-order valence-corrected chi connectivity index (χ3v) is 4.06. The summed E-state index contributed by atoms with van der Waals surface area (Å²) in [5, 5.41) is 11.1. The zero-order valence-corrected chi connectivity index (χ0v) is 14.5. The highest BCUT2D eigenvalue weighted by Crippen LogP contribution is 2.18. The molecule has 0 radical (unpaired) electrons. The van der Waals surface area contributed by atoms with E-state index in [2.05, 4.69) is 58.8 Å². The summed E-state index contributed by atoms with van der Waals surface area (Å²) in [4.78, 5) is 4.31. The van der Waals surface area contributed by atoms with Crippen LogP contribution in [-0.4, -0.2) is 35.4 Å². The zero-order valence-electron chi connectivity index (χ0n) is 14.5. The van der Waals surface area contributed by atoms with Gasteiger partial charge in [-0.1, -0.05) is 37.3 Å². The van der Waals surface area contributed by atoms with Gasteiger partial charge in [0.05, 0.1) is 12.7 Å². The summed E-state index contributed by atoms with van der Waals surface area (Å²) in [5.41, 5.74) is 2.51. The minimum absolute atomic E-state index is 0.288. The zero-order chi connectivity index (χ0) is 16.7. The van der Waals surface area contributed by atoms with Gasteiger partial charge in [0.2, 0.25) is 0 Å². The van der Waals surface area contributed by atoms with Crippen LogP contribution >= 0.6 is 0 Å². The Balaban J connectivity index is 1.82. The molecule has 124 valence electrons. The quantitative estimate of drug-likeness (QED) is 0.636. The normalized spacial score (nSPS) is 14.3. The van der Waals surface area contributed by atoms with E-state index in [-0.39, 0.29) is 6.04 Å². The summed E-state index contributed by atoms with van der Waals surface area (Å²) >= 11 is 0. The maximum absolute atomic E-state index is 4.31. The molecule has 0 aliphatic rings. The van der Waals surface area contributed by atoms with Crippen LogP contribution in [-0.2, 0) is 6.54 Å². The fourth-order valence-corrected chi connectivity index (χ4v) is 2.46. The predicted molar refractivity (Wildman–Crippen MR) is 95.8 cm³/mol. The number of aliphatic imine (C=N–C) groups is 1. The van der Waals surface area contributed by atoms with Crippen LogP contribution in [0.2, 0.25) is 0 Å². The second kappa shape index (κ2) is 8.36. The first kappa shape index (κ1) is 17.1. The van der Waals surface area contributed by atoms with E-state index in [1.165, 1.54) is 11.1 Å². The van der Waals surface area contributed by atoms with Crippen LogP contribution in [0.3, 0.4) is 0 Å². The lowest BCUT2D eigenvalue weighted by Crippen LogP contribution is -2.45. The van der Waals surface area contributed by atoms with Gasteiger partial charge in [0, 0.05) is 31.7 Å². The Labute approximate surface area is 138 Å². The van der Waals surface area contributed by atoms with Crippen molar-refractivity contribution in [3.63, 3.8) is 0 Å². The maximum atomic E-state index is 4.31. The van der Waals surface area contributed by atoms with E-state index in [0.717, 1.165) is 19.0 Å². The lowest BCUT2D eigenvalue weighted by molar-refractivity contribution is 0.542. The Morgan fingerprint density at radius 3 is 2.61 bits per heavy atom. The van der Waals surface area contributed by atoms with E-state index in [0.29, 0.717) is 5.92 Å². The SMILES string of the molecule is CN=C(NCCn1cc(C)cn1)NC(C)C(C)c1ccccc1. The molecule has 0 aliphatic heterocycles. The van der Waals surface area contributed by atoms with Crippen LogP contribution in [0.4, 0.5) is 0 Å². The third-order valence-electron chi connectivity index (χ3n) is 4.06. The van der Waals surface area contributed by atoms with E-state index in [4.69, 9.17) is 0 Å². The van der Waals surface area contributed by atoms with Crippen molar-refractivity contribution in [1.82, 2.24) is 20.4 Å². The topological polar surface area (TPSA) is 54.2 Å². The van der Waals surface area contributed by atoms with Gasteiger partial charge in [0.1, 0.15) is 0 Å². The molecule has 1 aromatic carbocycles. The Morgan fingerprint density at radius 1 is 1.26 bits per heavy atom. The molecule has 0 spiro atoms. The van der Waals surface area contributed by atoms with Crippen molar-refractivity contribution in [3.8, 4) is 0 Å². The van der Waals surface area contributed by atoms with E-state index in [1.807, 2.05) is 30.1 Å². The third kappa shape index (κ3) is 5.13. The van der Waals surface area contributed by atoms with Crippen molar-refractivity contribution in [3.05, 3.63) is 53.9 Å². The van der Waals surface area contributed by atoms with Gasteiger partial charge in [-0.05, 0) is 25.0 Å². The van der Waals surface area contributed by atoms with Crippen LogP contribution in [0.5, 0.6) is 0 Å². The van der Waals surface area contributed by atoms with Crippen molar-refractivity contribution >= 4 is 5.96 Å². The van der Waals surface area contributed by atoms with Crippen molar-refractivity contribution in [1.29, 1.82) is 0 Å². The summed E-state index contributed by atoms with van der Waals surface area (Å²) in [5.74, 6) is 1.23. The largest absolute Gasteiger partial charge is 0.355 e. The molecule has 5 nitrogen and oxygen atoms in total. The maximum Gasteiger partial charge on any atom is 0.191 e. The number of hydrogen-bond donors (Lipinski definition) is 2. The predicted octanol–water partition coefficient (Wildman–Crippen LogP) is 2.55. The Kier molecular flexibility index (Phi) is 6.20. The second-order valence-corrected chi connectivity index (χ2v) is 5.91. The first-order valence-corrected chi connectivity index (χ1v) is 8.11. The number of rotatable bonds is 6. The van der Waals surface area contributed by atoms with Gasteiger partial charge >= 0.3 is 0 Å². The van der Waals surface area contributed by atoms with Gasteiger partial charge in [-0.3, -0.25) is 9.67 Å². The number of nitrogens with zero attached hydrogens (tertiary/aromatic N) is 3. The molecule has 1 aromatic heterocycles. The Bertz CT molecular complexity index is 617. The summed E-state index contributed by atoms with van der Waals surface area (Å²) in [7, 11) is 1.80. The highest BCUT2D eigenvalue weighted by Gasteiger charge is 2.15. The molecule has 2 N–H and O–H groups in total. The molecule has 0 saturated carbocycles. The summed E-state index contributed by atoms with van der Waals surface area (Å²) in [6.45, 7) is 8.06. The molecule has 2 aromatic rings. The van der Waals surface area contributed by atoms with Gasteiger partial charge in [-0.2, -0.15) is 5.10 Å². The van der Waals surface area contributed by atoms with Crippen molar-refractivity contribution in [2.45, 2.75) is 39.3 Å². The highest BCUT2D eigenvalue weighted by atomic mass is 15.3. The van der Waals surface area contributed by atoms with Crippen LogP contribution in [0.25, 0.3) is 0 Å². The first-order chi connectivity index (χ1) is 11.1. The van der Waals surface area contributed by atoms with Gasteiger partial charge in [-0.25, -0.2) is 0 Å². The minimum Gasteiger partial charge on any atom is -0.355 e. The molecule has 2 rings (SSSR count). The molecule has 0 saturated heterocycles. The molecule has 0 amide bonds. The van der Waals surface area contributed by atoms with E-state index in [9.17, 15) is 0 Å². The molecule has 5 heteroatoms. The highest BCUT2D eigenvalue weighted by molar-refractivity contribution is 5.80. The molecule has 0 aliphatic carbocycles. The van der Waals surface area contributed by atoms with Gasteiger partial charge < -0.3 is 10.6 Å². The fourth-order valence-electron chi connectivity index (χ4n) is 2.46. The molecular weight excluding hydrogens is 286 g/mol. The summed E-state index contributed by atoms with van der Waals surface area (Å²) in [6.07, 6.45) is 3.91.